The highest BCUT2D eigenvalue weighted by molar-refractivity contribution is 5.76. The maximum atomic E-state index is 5.19. The van der Waals surface area contributed by atoms with E-state index in [9.17, 15) is 0 Å². The number of hydrogen-bond acceptors (Lipinski definition) is 1. The smallest absolute Gasteiger partial charge is 0.233 e. The third-order valence-corrected chi connectivity index (χ3v) is 5.78. The Morgan fingerprint density at radius 2 is 1.85 bits per heavy atom. The van der Waals surface area contributed by atoms with Gasteiger partial charge in [-0.2, -0.15) is 0 Å². The van der Waals surface area contributed by atoms with Crippen LogP contribution in [0.1, 0.15) is 47.2 Å². The van der Waals surface area contributed by atoms with Crippen molar-refractivity contribution < 1.29 is 4.57 Å². The SMILES string of the molecule is Cc1cc(C)c(C)c(-c2nc3c(c[n+]2C)Cc2c(CC(C)C)cccc2-3)c1. The average Bonchev–Trinajstić information content (AvgIpc) is 2.95. The number of hydrogen-bond donors (Lipinski definition) is 0. The Morgan fingerprint density at radius 1 is 1.07 bits per heavy atom. The van der Waals surface area contributed by atoms with E-state index in [1.54, 1.807) is 0 Å². The van der Waals surface area contributed by atoms with Crippen molar-refractivity contribution in [3.63, 3.8) is 0 Å². The number of benzene rings is 2. The Hall–Kier alpha value is -2.48. The molecule has 2 nitrogen and oxygen atoms in total. The molecule has 0 unspecified atom stereocenters. The molecule has 0 saturated heterocycles. The van der Waals surface area contributed by atoms with E-state index >= 15 is 0 Å². The zero-order valence-electron chi connectivity index (χ0n) is 17.4. The lowest BCUT2D eigenvalue weighted by atomic mass is 9.95. The van der Waals surface area contributed by atoms with Crippen LogP contribution in [0.2, 0.25) is 0 Å². The summed E-state index contributed by atoms with van der Waals surface area (Å²) in [4.78, 5) is 5.19. The van der Waals surface area contributed by atoms with Crippen molar-refractivity contribution in [2.45, 2.75) is 47.5 Å². The molecule has 0 radical (unpaired) electrons. The van der Waals surface area contributed by atoms with Gasteiger partial charge in [-0.15, -0.1) is 0 Å². The summed E-state index contributed by atoms with van der Waals surface area (Å²) in [6.45, 7) is 11.1. The minimum Gasteiger partial charge on any atom is -0.233 e. The van der Waals surface area contributed by atoms with Crippen LogP contribution in [0, 0.1) is 26.7 Å². The van der Waals surface area contributed by atoms with Gasteiger partial charge in [0.2, 0.25) is 0 Å². The molecule has 0 fully saturated rings. The van der Waals surface area contributed by atoms with E-state index in [1.165, 1.54) is 50.2 Å². The lowest BCUT2D eigenvalue weighted by Crippen LogP contribution is -2.33. The first-order valence-corrected chi connectivity index (χ1v) is 9.94. The third kappa shape index (κ3) is 3.07. The maximum absolute atomic E-state index is 5.19. The summed E-state index contributed by atoms with van der Waals surface area (Å²) in [7, 11) is 2.12. The summed E-state index contributed by atoms with van der Waals surface area (Å²) >= 11 is 0. The van der Waals surface area contributed by atoms with Crippen LogP contribution in [0.5, 0.6) is 0 Å². The van der Waals surface area contributed by atoms with Gasteiger partial charge in [0.1, 0.15) is 0 Å². The molecule has 0 N–H and O–H groups in total. The molecule has 1 heterocycles. The van der Waals surface area contributed by atoms with E-state index in [0.29, 0.717) is 5.92 Å². The molecule has 2 heteroatoms. The van der Waals surface area contributed by atoms with Gasteiger partial charge in [0, 0.05) is 17.5 Å². The lowest BCUT2D eigenvalue weighted by molar-refractivity contribution is -0.663. The minimum atomic E-state index is 0.665. The topological polar surface area (TPSA) is 16.8 Å². The Kier molecular flexibility index (Phi) is 4.38. The fraction of sp³-hybridized carbons (Fsp3) is 0.360. The summed E-state index contributed by atoms with van der Waals surface area (Å²) in [6, 6.07) is 11.2. The molecule has 0 aliphatic heterocycles. The van der Waals surface area contributed by atoms with Crippen LogP contribution >= 0.6 is 0 Å². The predicted molar refractivity (Wildman–Crippen MR) is 112 cm³/mol. The van der Waals surface area contributed by atoms with Gasteiger partial charge >= 0.3 is 5.82 Å². The molecule has 0 bridgehead atoms. The van der Waals surface area contributed by atoms with Gasteiger partial charge in [0.25, 0.3) is 0 Å². The van der Waals surface area contributed by atoms with Gasteiger partial charge in [0.15, 0.2) is 5.69 Å². The maximum Gasteiger partial charge on any atom is 0.331 e. The first-order chi connectivity index (χ1) is 12.8. The second-order valence-corrected chi connectivity index (χ2v) is 8.52. The van der Waals surface area contributed by atoms with E-state index in [1.807, 2.05) is 0 Å². The number of aryl methyl sites for hydroxylation is 3. The molecule has 1 aliphatic rings. The van der Waals surface area contributed by atoms with Crippen molar-refractivity contribution in [1.29, 1.82) is 0 Å². The van der Waals surface area contributed by atoms with Crippen molar-refractivity contribution in [2.24, 2.45) is 13.0 Å². The Labute approximate surface area is 162 Å². The Balaban J connectivity index is 1.89. The van der Waals surface area contributed by atoms with Crippen LogP contribution in [0.3, 0.4) is 0 Å². The molecule has 138 valence electrons. The minimum absolute atomic E-state index is 0.665. The van der Waals surface area contributed by atoms with Crippen LogP contribution in [0.15, 0.2) is 36.5 Å². The molecular weight excluding hydrogens is 328 g/mol. The molecule has 2 aromatic carbocycles. The second-order valence-electron chi connectivity index (χ2n) is 8.52. The van der Waals surface area contributed by atoms with Gasteiger partial charge in [-0.1, -0.05) is 38.1 Å². The normalized spacial score (nSPS) is 12.4. The highest BCUT2D eigenvalue weighted by atomic mass is 15.0. The van der Waals surface area contributed by atoms with Crippen LogP contribution in [-0.2, 0) is 19.9 Å². The van der Waals surface area contributed by atoms with Crippen LogP contribution in [-0.4, -0.2) is 4.98 Å². The molecular formula is C25H29N2+. The molecule has 0 spiro atoms. The van der Waals surface area contributed by atoms with E-state index in [-0.39, 0.29) is 0 Å². The molecule has 1 aliphatic carbocycles. The summed E-state index contributed by atoms with van der Waals surface area (Å²) in [5.74, 6) is 1.72. The summed E-state index contributed by atoms with van der Waals surface area (Å²) in [6.07, 6.45) is 4.42. The molecule has 0 atom stereocenters. The zero-order chi connectivity index (χ0) is 19.3. The van der Waals surface area contributed by atoms with Crippen LogP contribution in [0.4, 0.5) is 0 Å². The van der Waals surface area contributed by atoms with Crippen molar-refractivity contribution in [3.8, 4) is 22.6 Å². The van der Waals surface area contributed by atoms with E-state index in [0.717, 1.165) is 18.7 Å². The molecule has 0 amide bonds. The van der Waals surface area contributed by atoms with Gasteiger partial charge in [0.05, 0.1) is 18.8 Å². The highest BCUT2D eigenvalue weighted by Crippen LogP contribution is 2.38. The van der Waals surface area contributed by atoms with Crippen LogP contribution in [0.25, 0.3) is 22.6 Å². The van der Waals surface area contributed by atoms with Crippen molar-refractivity contribution in [1.82, 2.24) is 4.98 Å². The monoisotopic (exact) mass is 357 g/mol. The first-order valence-electron chi connectivity index (χ1n) is 9.94. The van der Waals surface area contributed by atoms with Crippen molar-refractivity contribution in [2.75, 3.05) is 0 Å². The third-order valence-electron chi connectivity index (χ3n) is 5.78. The van der Waals surface area contributed by atoms with Crippen molar-refractivity contribution >= 4 is 0 Å². The van der Waals surface area contributed by atoms with E-state index in [2.05, 4.69) is 82.8 Å². The summed E-state index contributed by atoms with van der Waals surface area (Å²) in [5.41, 5.74) is 12.0. The van der Waals surface area contributed by atoms with Gasteiger partial charge in [-0.3, -0.25) is 0 Å². The Bertz CT molecular complexity index is 1040. The largest absolute Gasteiger partial charge is 0.331 e. The predicted octanol–water partition coefficient (Wildman–Crippen LogP) is 5.27. The Morgan fingerprint density at radius 3 is 2.59 bits per heavy atom. The van der Waals surface area contributed by atoms with Gasteiger partial charge in [-0.05, 0) is 72.0 Å². The van der Waals surface area contributed by atoms with E-state index < -0.39 is 0 Å². The fourth-order valence-electron chi connectivity index (χ4n) is 4.38. The second kappa shape index (κ2) is 6.60. The van der Waals surface area contributed by atoms with Gasteiger partial charge < -0.3 is 0 Å². The van der Waals surface area contributed by atoms with Crippen LogP contribution < -0.4 is 4.57 Å². The molecule has 27 heavy (non-hydrogen) atoms. The molecule has 0 saturated carbocycles. The van der Waals surface area contributed by atoms with Gasteiger partial charge in [-0.25, -0.2) is 4.57 Å². The fourth-order valence-corrected chi connectivity index (χ4v) is 4.38. The highest BCUT2D eigenvalue weighted by Gasteiger charge is 2.30. The molecule has 1 aromatic heterocycles. The summed E-state index contributed by atoms with van der Waals surface area (Å²) in [5, 5.41) is 0. The van der Waals surface area contributed by atoms with Crippen molar-refractivity contribution in [3.05, 3.63) is 69.9 Å². The first kappa shape index (κ1) is 17.9. The average molecular weight is 358 g/mol. The molecule has 4 rings (SSSR count). The zero-order valence-corrected chi connectivity index (χ0v) is 17.4. The number of nitrogens with zero attached hydrogens (tertiary/aromatic N) is 2. The standard InChI is InChI=1S/C25H29N2/c1-15(2)10-19-8-7-9-21-23(19)13-20-14-27(6)25(26-24(20)21)22-12-16(3)11-17(4)18(22)5/h7-9,11-12,14-15H,10,13H2,1-6H3/q+1. The molecule has 3 aromatic rings. The number of rotatable bonds is 3. The number of aromatic nitrogens is 2. The quantitative estimate of drug-likeness (QED) is 0.457. The number of fused-ring (bicyclic) bond motifs is 3. The summed E-state index contributed by atoms with van der Waals surface area (Å²) < 4.78 is 2.20. The van der Waals surface area contributed by atoms with E-state index in [4.69, 9.17) is 4.98 Å². The lowest BCUT2D eigenvalue weighted by Gasteiger charge is -2.09.